The van der Waals surface area contributed by atoms with Crippen LogP contribution in [-0.2, 0) is 0 Å². The van der Waals surface area contributed by atoms with Crippen molar-refractivity contribution in [2.24, 2.45) is 0 Å². The van der Waals surface area contributed by atoms with Crippen molar-refractivity contribution in [3.8, 4) is 0 Å². The van der Waals surface area contributed by atoms with Gasteiger partial charge in [0.05, 0.1) is 0 Å². The number of nitrogens with zero attached hydrogens (tertiary/aromatic N) is 1. The standard InChI is InChI=1S/C12H15NS/c1-10(2)13-8-9-14-12(13)11-6-4-3-5-7-11/h3-10,12H,1-2H3. The van der Waals surface area contributed by atoms with Gasteiger partial charge < -0.3 is 4.90 Å². The predicted molar refractivity (Wildman–Crippen MR) is 62.9 cm³/mol. The van der Waals surface area contributed by atoms with Crippen LogP contribution >= 0.6 is 11.8 Å². The SMILES string of the molecule is CC(C)N1C=CSC1c1ccccc1. The van der Waals surface area contributed by atoms with Crippen molar-refractivity contribution in [3.63, 3.8) is 0 Å². The van der Waals surface area contributed by atoms with Crippen molar-refractivity contribution < 1.29 is 0 Å². The Bertz CT molecular complexity index is 318. The first-order valence-corrected chi connectivity index (χ1v) is 5.88. The highest BCUT2D eigenvalue weighted by Crippen LogP contribution is 2.39. The molecule has 0 amide bonds. The van der Waals surface area contributed by atoms with E-state index in [9.17, 15) is 0 Å². The van der Waals surface area contributed by atoms with Gasteiger partial charge in [0.2, 0.25) is 0 Å². The minimum absolute atomic E-state index is 0.469. The van der Waals surface area contributed by atoms with Gasteiger partial charge in [-0.1, -0.05) is 30.3 Å². The fourth-order valence-electron chi connectivity index (χ4n) is 1.64. The van der Waals surface area contributed by atoms with E-state index in [1.807, 2.05) is 11.8 Å². The molecule has 0 saturated heterocycles. The van der Waals surface area contributed by atoms with Crippen LogP contribution in [0, 0.1) is 0 Å². The van der Waals surface area contributed by atoms with Crippen molar-refractivity contribution in [2.75, 3.05) is 0 Å². The molecule has 0 saturated carbocycles. The molecule has 1 atom stereocenters. The summed E-state index contributed by atoms with van der Waals surface area (Å²) in [4.78, 5) is 2.39. The molecule has 0 N–H and O–H groups in total. The first-order chi connectivity index (χ1) is 6.79. The van der Waals surface area contributed by atoms with Gasteiger partial charge in [0.25, 0.3) is 0 Å². The molecule has 1 heterocycles. The molecule has 1 nitrogen and oxygen atoms in total. The fraction of sp³-hybridized carbons (Fsp3) is 0.333. The Morgan fingerprint density at radius 3 is 2.57 bits per heavy atom. The third-order valence-electron chi connectivity index (χ3n) is 2.39. The van der Waals surface area contributed by atoms with Crippen LogP contribution in [0.2, 0.25) is 0 Å². The molecule has 14 heavy (non-hydrogen) atoms. The van der Waals surface area contributed by atoms with E-state index >= 15 is 0 Å². The van der Waals surface area contributed by atoms with E-state index in [1.165, 1.54) is 5.56 Å². The van der Waals surface area contributed by atoms with Crippen LogP contribution in [0.3, 0.4) is 0 Å². The molecule has 2 rings (SSSR count). The summed E-state index contributed by atoms with van der Waals surface area (Å²) in [7, 11) is 0. The first kappa shape index (κ1) is 9.66. The molecule has 1 aromatic rings. The molecule has 1 aromatic carbocycles. The van der Waals surface area contributed by atoms with Gasteiger partial charge in [-0.2, -0.15) is 0 Å². The largest absolute Gasteiger partial charge is 0.358 e. The van der Waals surface area contributed by atoms with E-state index in [2.05, 4.69) is 60.7 Å². The molecule has 2 heteroatoms. The van der Waals surface area contributed by atoms with Crippen LogP contribution in [0.15, 0.2) is 41.9 Å². The first-order valence-electron chi connectivity index (χ1n) is 4.93. The zero-order valence-electron chi connectivity index (χ0n) is 8.55. The number of hydrogen-bond donors (Lipinski definition) is 0. The monoisotopic (exact) mass is 205 g/mol. The highest BCUT2D eigenvalue weighted by atomic mass is 32.2. The Morgan fingerprint density at radius 2 is 1.93 bits per heavy atom. The maximum atomic E-state index is 2.39. The second-order valence-corrected chi connectivity index (χ2v) is 4.72. The molecule has 1 aliphatic heterocycles. The van der Waals surface area contributed by atoms with Crippen molar-refractivity contribution in [1.82, 2.24) is 4.90 Å². The zero-order chi connectivity index (χ0) is 9.97. The van der Waals surface area contributed by atoms with E-state index < -0.39 is 0 Å². The van der Waals surface area contributed by atoms with E-state index in [1.54, 1.807) is 0 Å². The quantitative estimate of drug-likeness (QED) is 0.725. The van der Waals surface area contributed by atoms with Gasteiger partial charge in [-0.15, -0.1) is 11.8 Å². The number of rotatable bonds is 2. The van der Waals surface area contributed by atoms with Crippen LogP contribution in [-0.4, -0.2) is 10.9 Å². The van der Waals surface area contributed by atoms with Gasteiger partial charge in [0, 0.05) is 12.2 Å². The average Bonchev–Trinajstić information content (AvgIpc) is 2.67. The predicted octanol–water partition coefficient (Wildman–Crippen LogP) is 3.61. The van der Waals surface area contributed by atoms with Crippen molar-refractivity contribution in [2.45, 2.75) is 25.3 Å². The van der Waals surface area contributed by atoms with Crippen LogP contribution in [0.4, 0.5) is 0 Å². The third kappa shape index (κ3) is 1.80. The van der Waals surface area contributed by atoms with E-state index in [4.69, 9.17) is 0 Å². The summed E-state index contributed by atoms with van der Waals surface area (Å²) in [6.45, 7) is 4.46. The summed E-state index contributed by atoms with van der Waals surface area (Å²) >= 11 is 1.88. The van der Waals surface area contributed by atoms with Crippen LogP contribution in [0.5, 0.6) is 0 Å². The fourth-order valence-corrected chi connectivity index (χ4v) is 2.77. The Hall–Kier alpha value is -0.890. The van der Waals surface area contributed by atoms with E-state index in [-0.39, 0.29) is 0 Å². The summed E-state index contributed by atoms with van der Waals surface area (Å²) < 4.78 is 0. The molecule has 1 aliphatic rings. The molecule has 74 valence electrons. The van der Waals surface area contributed by atoms with Crippen molar-refractivity contribution in [3.05, 3.63) is 47.5 Å². The van der Waals surface area contributed by atoms with Gasteiger partial charge in [-0.05, 0) is 24.8 Å². The van der Waals surface area contributed by atoms with Gasteiger partial charge in [0.1, 0.15) is 5.37 Å². The summed E-state index contributed by atoms with van der Waals surface area (Å²) in [6.07, 6.45) is 2.19. The average molecular weight is 205 g/mol. The van der Waals surface area contributed by atoms with Gasteiger partial charge in [-0.3, -0.25) is 0 Å². The molecular weight excluding hydrogens is 190 g/mol. The second kappa shape index (κ2) is 4.09. The molecule has 1 unspecified atom stereocenters. The third-order valence-corrected chi connectivity index (χ3v) is 3.44. The molecule has 0 aromatic heterocycles. The Kier molecular flexibility index (Phi) is 2.82. The van der Waals surface area contributed by atoms with Crippen molar-refractivity contribution in [1.29, 1.82) is 0 Å². The summed E-state index contributed by atoms with van der Waals surface area (Å²) in [5.74, 6) is 0. The molecule has 0 radical (unpaired) electrons. The maximum Gasteiger partial charge on any atom is 0.104 e. The number of benzene rings is 1. The van der Waals surface area contributed by atoms with E-state index in [0.717, 1.165) is 0 Å². The van der Waals surface area contributed by atoms with Gasteiger partial charge in [0.15, 0.2) is 0 Å². The smallest absolute Gasteiger partial charge is 0.104 e. The molecule has 0 spiro atoms. The summed E-state index contributed by atoms with van der Waals surface area (Å²) in [6, 6.07) is 11.2. The molecule has 0 bridgehead atoms. The minimum atomic E-state index is 0.469. The number of hydrogen-bond acceptors (Lipinski definition) is 2. The van der Waals surface area contributed by atoms with Crippen LogP contribution in [0.25, 0.3) is 0 Å². The molecular formula is C12H15NS. The van der Waals surface area contributed by atoms with Gasteiger partial charge >= 0.3 is 0 Å². The minimum Gasteiger partial charge on any atom is -0.358 e. The lowest BCUT2D eigenvalue weighted by atomic mass is 10.2. The lowest BCUT2D eigenvalue weighted by molar-refractivity contribution is 0.302. The Labute approximate surface area is 89.8 Å². The number of thioether (sulfide) groups is 1. The molecule has 0 fully saturated rings. The summed E-state index contributed by atoms with van der Waals surface area (Å²) in [5.41, 5.74) is 1.39. The Morgan fingerprint density at radius 1 is 1.21 bits per heavy atom. The van der Waals surface area contributed by atoms with Crippen molar-refractivity contribution >= 4 is 11.8 Å². The zero-order valence-corrected chi connectivity index (χ0v) is 9.37. The lowest BCUT2D eigenvalue weighted by Crippen LogP contribution is -2.25. The summed E-state index contributed by atoms with van der Waals surface area (Å²) in [5, 5.41) is 2.65. The normalized spacial score (nSPS) is 20.8. The Balaban J connectivity index is 2.20. The highest BCUT2D eigenvalue weighted by Gasteiger charge is 2.23. The van der Waals surface area contributed by atoms with Crippen LogP contribution < -0.4 is 0 Å². The second-order valence-electron chi connectivity index (χ2n) is 3.73. The van der Waals surface area contributed by atoms with Crippen LogP contribution in [0.1, 0.15) is 24.8 Å². The lowest BCUT2D eigenvalue weighted by Gasteiger charge is -2.28. The van der Waals surface area contributed by atoms with E-state index in [0.29, 0.717) is 11.4 Å². The highest BCUT2D eigenvalue weighted by molar-refractivity contribution is 8.02. The maximum absolute atomic E-state index is 2.39. The molecule has 0 aliphatic carbocycles. The topological polar surface area (TPSA) is 3.24 Å². The van der Waals surface area contributed by atoms with Gasteiger partial charge in [-0.25, -0.2) is 0 Å².